The van der Waals surface area contributed by atoms with Crippen LogP contribution in [0.2, 0.25) is 0 Å². The summed E-state index contributed by atoms with van der Waals surface area (Å²) in [4.78, 5) is 16.2. The number of aryl methyl sites for hydroxylation is 1. The lowest BCUT2D eigenvalue weighted by Gasteiger charge is -2.01. The van der Waals surface area contributed by atoms with Crippen molar-refractivity contribution in [1.29, 1.82) is 0 Å². The molecule has 0 saturated carbocycles. The van der Waals surface area contributed by atoms with E-state index in [0.717, 1.165) is 17.0 Å². The van der Waals surface area contributed by atoms with Crippen molar-refractivity contribution in [2.45, 2.75) is 19.8 Å². The van der Waals surface area contributed by atoms with Crippen LogP contribution in [0.4, 0.5) is 0 Å². The predicted molar refractivity (Wildman–Crippen MR) is 76.8 cm³/mol. The van der Waals surface area contributed by atoms with Crippen LogP contribution < -0.4 is 5.32 Å². The van der Waals surface area contributed by atoms with E-state index in [1.807, 2.05) is 41.9 Å². The third kappa shape index (κ3) is 3.28. The van der Waals surface area contributed by atoms with Gasteiger partial charge in [-0.15, -0.1) is 0 Å². The average molecular weight is 284 g/mol. The summed E-state index contributed by atoms with van der Waals surface area (Å²) >= 11 is 0. The van der Waals surface area contributed by atoms with Crippen LogP contribution in [-0.2, 0) is 17.6 Å². The molecule has 6 heteroatoms. The average Bonchev–Trinajstić information content (AvgIpc) is 3.04. The number of nitrogens with one attached hydrogen (secondary N) is 1. The summed E-state index contributed by atoms with van der Waals surface area (Å²) < 4.78 is 6.98. The number of carbonyl (C=O) groups excluding carboxylic acids is 1. The maximum Gasteiger partial charge on any atom is 0.227 e. The van der Waals surface area contributed by atoms with E-state index in [9.17, 15) is 4.79 Å². The molecular formula is C15H16N4O2. The summed E-state index contributed by atoms with van der Waals surface area (Å²) in [6, 6.07) is 7.63. The largest absolute Gasteiger partial charge is 0.361 e. The Hall–Kier alpha value is -2.63. The second-order valence-electron chi connectivity index (χ2n) is 4.91. The minimum absolute atomic E-state index is 0.0742. The van der Waals surface area contributed by atoms with Gasteiger partial charge in [0.15, 0.2) is 0 Å². The van der Waals surface area contributed by atoms with E-state index >= 15 is 0 Å². The number of fused-ring (bicyclic) bond motifs is 1. The number of imidazole rings is 1. The number of rotatable bonds is 5. The third-order valence-corrected chi connectivity index (χ3v) is 3.13. The first kappa shape index (κ1) is 13.4. The first-order chi connectivity index (χ1) is 10.2. The molecule has 1 N–H and O–H groups in total. The van der Waals surface area contributed by atoms with Gasteiger partial charge in [-0.3, -0.25) is 4.79 Å². The predicted octanol–water partition coefficient (Wildman–Crippen LogP) is 1.53. The molecule has 108 valence electrons. The van der Waals surface area contributed by atoms with Gasteiger partial charge < -0.3 is 14.2 Å². The molecule has 0 aliphatic rings. The second kappa shape index (κ2) is 5.78. The SMILES string of the molecule is Cc1cc(CC(=O)NCCc2cn3ccccc3n2)on1. The Morgan fingerprint density at radius 2 is 2.33 bits per heavy atom. The van der Waals surface area contributed by atoms with Gasteiger partial charge in [-0.25, -0.2) is 4.98 Å². The summed E-state index contributed by atoms with van der Waals surface area (Å²) in [5, 5.41) is 6.61. The van der Waals surface area contributed by atoms with Crippen molar-refractivity contribution in [3.05, 3.63) is 53.8 Å². The summed E-state index contributed by atoms with van der Waals surface area (Å²) in [5.41, 5.74) is 2.65. The fourth-order valence-corrected chi connectivity index (χ4v) is 2.16. The molecule has 3 aromatic rings. The highest BCUT2D eigenvalue weighted by Crippen LogP contribution is 2.05. The summed E-state index contributed by atoms with van der Waals surface area (Å²) in [6.07, 6.45) is 4.84. The van der Waals surface area contributed by atoms with Gasteiger partial charge in [-0.1, -0.05) is 11.2 Å². The van der Waals surface area contributed by atoms with Crippen LogP contribution in [0.15, 0.2) is 41.2 Å². The normalized spacial score (nSPS) is 10.9. The van der Waals surface area contributed by atoms with Gasteiger partial charge in [0.2, 0.25) is 5.91 Å². The Morgan fingerprint density at radius 3 is 3.10 bits per heavy atom. The zero-order valence-corrected chi connectivity index (χ0v) is 11.7. The number of carbonyl (C=O) groups is 1. The van der Waals surface area contributed by atoms with E-state index in [-0.39, 0.29) is 12.3 Å². The van der Waals surface area contributed by atoms with E-state index in [4.69, 9.17) is 4.52 Å². The van der Waals surface area contributed by atoms with Gasteiger partial charge in [0, 0.05) is 31.4 Å². The smallest absolute Gasteiger partial charge is 0.227 e. The maximum atomic E-state index is 11.8. The molecular weight excluding hydrogens is 268 g/mol. The number of aromatic nitrogens is 3. The summed E-state index contributed by atoms with van der Waals surface area (Å²) in [7, 11) is 0. The van der Waals surface area contributed by atoms with Crippen molar-refractivity contribution in [2.24, 2.45) is 0 Å². The highest BCUT2D eigenvalue weighted by atomic mass is 16.5. The molecule has 0 bridgehead atoms. The van der Waals surface area contributed by atoms with Crippen LogP contribution in [0.1, 0.15) is 17.1 Å². The van der Waals surface area contributed by atoms with Gasteiger partial charge in [-0.2, -0.15) is 0 Å². The van der Waals surface area contributed by atoms with Crippen molar-refractivity contribution < 1.29 is 9.32 Å². The number of hydrogen-bond acceptors (Lipinski definition) is 4. The molecule has 0 aliphatic heterocycles. The topological polar surface area (TPSA) is 72.4 Å². The molecule has 3 rings (SSSR count). The number of pyridine rings is 1. The van der Waals surface area contributed by atoms with E-state index in [1.165, 1.54) is 0 Å². The minimum Gasteiger partial charge on any atom is -0.361 e. The van der Waals surface area contributed by atoms with Gasteiger partial charge in [0.05, 0.1) is 17.8 Å². The Labute approximate surface area is 121 Å². The first-order valence-corrected chi connectivity index (χ1v) is 6.82. The number of amides is 1. The Kier molecular flexibility index (Phi) is 3.68. The summed E-state index contributed by atoms with van der Waals surface area (Å²) in [5.74, 6) is 0.507. The van der Waals surface area contributed by atoms with Crippen LogP contribution >= 0.6 is 0 Å². The minimum atomic E-state index is -0.0742. The highest BCUT2D eigenvalue weighted by Gasteiger charge is 2.08. The van der Waals surface area contributed by atoms with Crippen LogP contribution in [0.3, 0.4) is 0 Å². The molecule has 1 amide bonds. The zero-order chi connectivity index (χ0) is 14.7. The molecule has 0 radical (unpaired) electrons. The molecule has 0 spiro atoms. The van der Waals surface area contributed by atoms with Crippen molar-refractivity contribution in [2.75, 3.05) is 6.54 Å². The Bertz CT molecular complexity index is 727. The van der Waals surface area contributed by atoms with E-state index in [0.29, 0.717) is 18.7 Å². The molecule has 6 nitrogen and oxygen atoms in total. The quantitative estimate of drug-likeness (QED) is 0.771. The van der Waals surface area contributed by atoms with Gasteiger partial charge in [0.25, 0.3) is 0 Å². The van der Waals surface area contributed by atoms with Crippen molar-refractivity contribution in [3.8, 4) is 0 Å². The fourth-order valence-electron chi connectivity index (χ4n) is 2.16. The van der Waals surface area contributed by atoms with Crippen LogP contribution in [-0.4, -0.2) is 27.0 Å². The number of nitrogens with zero attached hydrogens (tertiary/aromatic N) is 3. The van der Waals surface area contributed by atoms with Gasteiger partial charge in [0.1, 0.15) is 11.4 Å². The molecule has 0 aromatic carbocycles. The second-order valence-corrected chi connectivity index (χ2v) is 4.91. The third-order valence-electron chi connectivity index (χ3n) is 3.13. The highest BCUT2D eigenvalue weighted by molar-refractivity contribution is 5.77. The standard InChI is InChI=1S/C15H16N4O2/c1-11-8-13(21-18-11)9-15(20)16-6-5-12-10-19-7-3-2-4-14(19)17-12/h2-4,7-8,10H,5-6,9H2,1H3,(H,16,20). The molecule has 0 saturated heterocycles. The first-order valence-electron chi connectivity index (χ1n) is 6.82. The molecule has 0 atom stereocenters. The van der Waals surface area contributed by atoms with Crippen LogP contribution in [0, 0.1) is 6.92 Å². The van der Waals surface area contributed by atoms with Crippen molar-refractivity contribution >= 4 is 11.6 Å². The van der Waals surface area contributed by atoms with E-state index < -0.39 is 0 Å². The van der Waals surface area contributed by atoms with Crippen LogP contribution in [0.5, 0.6) is 0 Å². The van der Waals surface area contributed by atoms with E-state index in [1.54, 1.807) is 6.07 Å². The molecule has 0 unspecified atom stereocenters. The lowest BCUT2D eigenvalue weighted by atomic mass is 10.3. The lowest BCUT2D eigenvalue weighted by molar-refractivity contribution is -0.120. The maximum absolute atomic E-state index is 11.8. The molecule has 21 heavy (non-hydrogen) atoms. The van der Waals surface area contributed by atoms with Gasteiger partial charge >= 0.3 is 0 Å². The van der Waals surface area contributed by atoms with Crippen LogP contribution in [0.25, 0.3) is 5.65 Å². The molecule has 3 heterocycles. The van der Waals surface area contributed by atoms with Gasteiger partial charge in [-0.05, 0) is 19.1 Å². The fraction of sp³-hybridized carbons (Fsp3) is 0.267. The van der Waals surface area contributed by atoms with E-state index in [2.05, 4.69) is 15.5 Å². The Balaban J connectivity index is 1.50. The monoisotopic (exact) mass is 284 g/mol. The molecule has 0 aliphatic carbocycles. The molecule has 3 aromatic heterocycles. The summed E-state index contributed by atoms with van der Waals surface area (Å²) in [6.45, 7) is 2.38. The lowest BCUT2D eigenvalue weighted by Crippen LogP contribution is -2.27. The van der Waals surface area contributed by atoms with Crippen molar-refractivity contribution in [1.82, 2.24) is 19.9 Å². The zero-order valence-electron chi connectivity index (χ0n) is 11.7. The van der Waals surface area contributed by atoms with Crippen molar-refractivity contribution in [3.63, 3.8) is 0 Å². The molecule has 0 fully saturated rings. The number of hydrogen-bond donors (Lipinski definition) is 1. The Morgan fingerprint density at radius 1 is 1.43 bits per heavy atom.